The molecule has 1 saturated carbocycles. The summed E-state index contributed by atoms with van der Waals surface area (Å²) in [5.74, 6) is 0.652. The molecule has 0 bridgehead atoms. The second kappa shape index (κ2) is 9.36. The Bertz CT molecular complexity index is 1260. The lowest BCUT2D eigenvalue weighted by molar-refractivity contribution is -0.123. The molecule has 0 radical (unpaired) electrons. The molecule has 1 aliphatic carbocycles. The van der Waals surface area contributed by atoms with E-state index in [4.69, 9.17) is 16.7 Å². The lowest BCUT2D eigenvalue weighted by Crippen LogP contribution is -2.44. The molecule has 1 atom stereocenters. The van der Waals surface area contributed by atoms with Gasteiger partial charge in [0.05, 0.1) is 22.2 Å². The monoisotopic (exact) mass is 508 g/mol. The molecule has 2 aliphatic rings. The van der Waals surface area contributed by atoms with Crippen molar-refractivity contribution >= 4 is 41.0 Å². The number of hydrogen-bond acceptors (Lipinski definition) is 4. The molecule has 182 valence electrons. The Balaban J connectivity index is 1.75. The molecule has 2 aromatic carbocycles. The summed E-state index contributed by atoms with van der Waals surface area (Å²) in [7, 11) is 0. The molecule has 1 aliphatic heterocycles. The highest BCUT2D eigenvalue weighted by Gasteiger charge is 2.40. The van der Waals surface area contributed by atoms with Crippen molar-refractivity contribution in [3.05, 3.63) is 70.7 Å². The van der Waals surface area contributed by atoms with Crippen LogP contribution in [0.2, 0.25) is 5.02 Å². The Morgan fingerprint density at radius 3 is 2.46 bits per heavy atom. The largest absolute Gasteiger partial charge is 0.352 e. The molecule has 2 heterocycles. The molecular weight excluding hydrogens is 480 g/mol. The van der Waals surface area contributed by atoms with Gasteiger partial charge in [0.15, 0.2) is 0 Å². The molecule has 2 amide bonds. The normalized spacial score (nSPS) is 18.2. The number of anilines is 1. The van der Waals surface area contributed by atoms with Gasteiger partial charge in [-0.1, -0.05) is 60.1 Å². The third-order valence-corrected chi connectivity index (χ3v) is 7.78. The fraction of sp³-hybridized carbons (Fsp3) is 0.370. The molecule has 3 aromatic rings. The molecule has 1 aromatic heterocycles. The van der Waals surface area contributed by atoms with Crippen LogP contribution in [-0.2, 0) is 15.1 Å². The van der Waals surface area contributed by atoms with Gasteiger partial charge in [0, 0.05) is 22.2 Å². The van der Waals surface area contributed by atoms with Gasteiger partial charge in [-0.2, -0.15) is 5.10 Å². The molecule has 6 nitrogen and oxygen atoms in total. The molecule has 0 spiro atoms. The predicted molar refractivity (Wildman–Crippen MR) is 142 cm³/mol. The van der Waals surface area contributed by atoms with Gasteiger partial charge in [0.2, 0.25) is 11.8 Å². The molecule has 1 unspecified atom stereocenters. The molecule has 35 heavy (non-hydrogen) atoms. The fourth-order valence-electron chi connectivity index (χ4n) is 4.37. The Labute approximate surface area is 215 Å². The minimum absolute atomic E-state index is 0.0336. The standard InChI is InChI=1S/C27H29ClN4O2S/c1-27(2,3)32-26-23(24(30-32)17-9-5-4-6-10-17)25(19-11-7-8-12-20(19)28)35-16-22(34)31(26)15-21(33)29-18-13-14-18/h4-12,18,25H,13-16H2,1-3H3,(H,29,33). The number of nitrogens with zero attached hydrogens (tertiary/aromatic N) is 3. The summed E-state index contributed by atoms with van der Waals surface area (Å²) in [5, 5.41) is 8.54. The zero-order valence-corrected chi connectivity index (χ0v) is 21.7. The topological polar surface area (TPSA) is 67.2 Å². The van der Waals surface area contributed by atoms with Crippen LogP contribution in [0.15, 0.2) is 54.6 Å². The van der Waals surface area contributed by atoms with Crippen molar-refractivity contribution in [2.75, 3.05) is 17.2 Å². The van der Waals surface area contributed by atoms with Crippen LogP contribution in [0.1, 0.15) is 50.0 Å². The summed E-state index contributed by atoms with van der Waals surface area (Å²) >= 11 is 8.22. The van der Waals surface area contributed by atoms with E-state index in [-0.39, 0.29) is 35.4 Å². The number of carbonyl (C=O) groups excluding carboxylic acids is 2. The molecule has 1 fully saturated rings. The molecule has 1 N–H and O–H groups in total. The Morgan fingerprint density at radius 1 is 1.11 bits per heavy atom. The summed E-state index contributed by atoms with van der Waals surface area (Å²) in [6.45, 7) is 6.15. The number of amides is 2. The van der Waals surface area contributed by atoms with E-state index in [9.17, 15) is 9.59 Å². The SMILES string of the molecule is CC(C)(C)n1nc(-c2ccccc2)c2c1N(CC(=O)NC1CC1)C(=O)CSC2c1ccccc1Cl. The highest BCUT2D eigenvalue weighted by molar-refractivity contribution is 8.00. The van der Waals surface area contributed by atoms with E-state index in [0.29, 0.717) is 10.8 Å². The maximum atomic E-state index is 13.6. The van der Waals surface area contributed by atoms with E-state index in [0.717, 1.165) is 35.2 Å². The van der Waals surface area contributed by atoms with Crippen molar-refractivity contribution in [3.8, 4) is 11.3 Å². The summed E-state index contributed by atoms with van der Waals surface area (Å²) < 4.78 is 1.91. The summed E-state index contributed by atoms with van der Waals surface area (Å²) in [5.41, 5.74) is 3.18. The highest BCUT2D eigenvalue weighted by atomic mass is 35.5. The summed E-state index contributed by atoms with van der Waals surface area (Å²) in [6, 6.07) is 18.0. The van der Waals surface area contributed by atoms with Gasteiger partial charge in [-0.3, -0.25) is 14.5 Å². The lowest BCUT2D eigenvalue weighted by atomic mass is 9.99. The highest BCUT2D eigenvalue weighted by Crippen LogP contribution is 2.50. The number of rotatable bonds is 5. The van der Waals surface area contributed by atoms with E-state index >= 15 is 0 Å². The van der Waals surface area contributed by atoms with E-state index in [1.54, 1.807) is 4.90 Å². The average Bonchev–Trinajstić information content (AvgIpc) is 3.56. The number of benzene rings is 2. The van der Waals surface area contributed by atoms with Crippen molar-refractivity contribution in [2.24, 2.45) is 0 Å². The van der Waals surface area contributed by atoms with Gasteiger partial charge in [-0.25, -0.2) is 4.68 Å². The molecule has 0 saturated heterocycles. The minimum Gasteiger partial charge on any atom is -0.352 e. The lowest BCUT2D eigenvalue weighted by Gasteiger charge is -2.28. The number of nitrogens with one attached hydrogen (secondary N) is 1. The van der Waals surface area contributed by atoms with Crippen LogP contribution in [0.5, 0.6) is 0 Å². The van der Waals surface area contributed by atoms with Gasteiger partial charge in [0.25, 0.3) is 0 Å². The number of halogens is 1. The zero-order chi connectivity index (χ0) is 24.7. The quantitative estimate of drug-likeness (QED) is 0.500. The Morgan fingerprint density at radius 2 is 1.80 bits per heavy atom. The van der Waals surface area contributed by atoms with Crippen molar-refractivity contribution in [1.82, 2.24) is 15.1 Å². The molecule has 8 heteroatoms. The first kappa shape index (κ1) is 23.9. The first-order valence-electron chi connectivity index (χ1n) is 11.9. The van der Waals surface area contributed by atoms with Crippen LogP contribution in [0.4, 0.5) is 5.82 Å². The van der Waals surface area contributed by atoms with Crippen molar-refractivity contribution in [3.63, 3.8) is 0 Å². The molecular formula is C27H29ClN4O2S. The number of carbonyl (C=O) groups is 2. The second-order valence-electron chi connectivity index (χ2n) is 10.1. The van der Waals surface area contributed by atoms with Crippen LogP contribution in [0.25, 0.3) is 11.3 Å². The minimum atomic E-state index is -0.428. The smallest absolute Gasteiger partial charge is 0.240 e. The van der Waals surface area contributed by atoms with Gasteiger partial charge in [-0.15, -0.1) is 11.8 Å². The van der Waals surface area contributed by atoms with E-state index in [2.05, 4.69) is 26.1 Å². The van der Waals surface area contributed by atoms with Crippen LogP contribution < -0.4 is 10.2 Å². The van der Waals surface area contributed by atoms with Crippen molar-refractivity contribution < 1.29 is 9.59 Å². The first-order valence-corrected chi connectivity index (χ1v) is 13.3. The van der Waals surface area contributed by atoms with Gasteiger partial charge in [0.1, 0.15) is 12.4 Å². The number of thioether (sulfide) groups is 1. The van der Waals surface area contributed by atoms with Gasteiger partial charge in [-0.05, 0) is 45.2 Å². The second-order valence-corrected chi connectivity index (χ2v) is 11.6. The van der Waals surface area contributed by atoms with Gasteiger partial charge < -0.3 is 5.32 Å². The number of hydrogen-bond donors (Lipinski definition) is 1. The van der Waals surface area contributed by atoms with E-state index in [1.807, 2.05) is 59.3 Å². The number of fused-ring (bicyclic) bond motifs is 1. The third kappa shape index (κ3) is 4.84. The van der Waals surface area contributed by atoms with Crippen molar-refractivity contribution in [2.45, 2.75) is 50.4 Å². The Hall–Kier alpha value is -2.77. The first-order chi connectivity index (χ1) is 16.7. The van der Waals surface area contributed by atoms with Crippen molar-refractivity contribution in [1.29, 1.82) is 0 Å². The summed E-state index contributed by atoms with van der Waals surface area (Å²) in [6.07, 6.45) is 1.99. The predicted octanol–water partition coefficient (Wildman–Crippen LogP) is 5.41. The van der Waals surface area contributed by atoms with Crippen LogP contribution in [0, 0.1) is 0 Å². The average molecular weight is 509 g/mol. The third-order valence-electron chi connectivity index (χ3n) is 6.20. The van der Waals surface area contributed by atoms with E-state index in [1.165, 1.54) is 11.8 Å². The maximum Gasteiger partial charge on any atom is 0.240 e. The Kier molecular flexibility index (Phi) is 6.40. The number of aromatic nitrogens is 2. The van der Waals surface area contributed by atoms with Crippen LogP contribution >= 0.6 is 23.4 Å². The summed E-state index contributed by atoms with van der Waals surface area (Å²) in [4.78, 5) is 28.1. The van der Waals surface area contributed by atoms with E-state index < -0.39 is 5.54 Å². The molecule has 5 rings (SSSR count). The zero-order valence-electron chi connectivity index (χ0n) is 20.1. The van der Waals surface area contributed by atoms with Crippen LogP contribution in [-0.4, -0.2) is 39.9 Å². The maximum absolute atomic E-state index is 13.6. The fourth-order valence-corrected chi connectivity index (χ4v) is 5.92. The van der Waals surface area contributed by atoms with Gasteiger partial charge >= 0.3 is 0 Å². The van der Waals surface area contributed by atoms with Crippen LogP contribution in [0.3, 0.4) is 0 Å².